The molecule has 5 nitrogen and oxygen atoms in total. The lowest BCUT2D eigenvalue weighted by molar-refractivity contribution is -0.147. The molecule has 23 heavy (non-hydrogen) atoms. The molecule has 1 heterocycles. The fourth-order valence-corrected chi connectivity index (χ4v) is 2.75. The number of carbonyl (C=O) groups is 3. The van der Waals surface area contributed by atoms with Gasteiger partial charge in [0, 0.05) is 5.02 Å². The first-order chi connectivity index (χ1) is 10.9. The molecule has 1 aromatic carbocycles. The van der Waals surface area contributed by atoms with Crippen LogP contribution in [0.5, 0.6) is 0 Å². The van der Waals surface area contributed by atoms with Crippen molar-refractivity contribution in [3.05, 3.63) is 39.8 Å². The summed E-state index contributed by atoms with van der Waals surface area (Å²) in [7, 11) is 0. The lowest BCUT2D eigenvalue weighted by Gasteiger charge is -2.12. The molecule has 2 rings (SSSR count). The van der Waals surface area contributed by atoms with E-state index in [-0.39, 0.29) is 24.0 Å². The van der Waals surface area contributed by atoms with Crippen LogP contribution in [0.4, 0.5) is 4.79 Å². The lowest BCUT2D eigenvalue weighted by atomic mass is 10.2. The Bertz CT molecular complexity index is 655. The van der Waals surface area contributed by atoms with Crippen LogP contribution in [-0.4, -0.2) is 35.2 Å². The highest BCUT2D eigenvalue weighted by atomic mass is 35.5. The number of rotatable bonds is 5. The van der Waals surface area contributed by atoms with Crippen LogP contribution in [0.2, 0.25) is 5.02 Å². The van der Waals surface area contributed by atoms with Crippen molar-refractivity contribution >= 4 is 46.6 Å². The topological polar surface area (TPSA) is 63.7 Å². The first-order valence-electron chi connectivity index (χ1n) is 7.03. The van der Waals surface area contributed by atoms with E-state index in [0.29, 0.717) is 5.02 Å². The SMILES string of the molecule is CC(C)COC(=O)CN1C(=O)S/C(=C/c2ccc(Cl)cc2)C1=O. The molecule has 0 N–H and O–H groups in total. The van der Waals surface area contributed by atoms with Crippen LogP contribution in [0.3, 0.4) is 0 Å². The Kier molecular flexibility index (Phi) is 5.85. The zero-order valence-electron chi connectivity index (χ0n) is 12.7. The number of carbonyl (C=O) groups excluding carboxylic acids is 3. The molecule has 0 aromatic heterocycles. The van der Waals surface area contributed by atoms with E-state index >= 15 is 0 Å². The van der Waals surface area contributed by atoms with Crippen molar-refractivity contribution in [2.24, 2.45) is 5.92 Å². The Balaban J connectivity index is 2.04. The zero-order valence-corrected chi connectivity index (χ0v) is 14.3. The number of hydrogen-bond donors (Lipinski definition) is 0. The molecule has 0 unspecified atom stereocenters. The number of ether oxygens (including phenoxy) is 1. The summed E-state index contributed by atoms with van der Waals surface area (Å²) in [6.07, 6.45) is 1.60. The van der Waals surface area contributed by atoms with Gasteiger partial charge in [-0.2, -0.15) is 0 Å². The normalized spacial score (nSPS) is 16.5. The van der Waals surface area contributed by atoms with Crippen LogP contribution in [0.1, 0.15) is 19.4 Å². The van der Waals surface area contributed by atoms with Crippen molar-refractivity contribution in [2.75, 3.05) is 13.2 Å². The van der Waals surface area contributed by atoms with Crippen molar-refractivity contribution in [3.8, 4) is 0 Å². The Morgan fingerprint density at radius 1 is 1.30 bits per heavy atom. The fraction of sp³-hybridized carbons (Fsp3) is 0.312. The summed E-state index contributed by atoms with van der Waals surface area (Å²) in [5.74, 6) is -0.885. The second kappa shape index (κ2) is 7.66. The van der Waals surface area contributed by atoms with Crippen LogP contribution in [0.25, 0.3) is 6.08 Å². The number of halogens is 1. The van der Waals surface area contributed by atoms with Gasteiger partial charge in [0.25, 0.3) is 11.1 Å². The summed E-state index contributed by atoms with van der Waals surface area (Å²) >= 11 is 6.61. The number of benzene rings is 1. The minimum absolute atomic E-state index is 0.193. The zero-order chi connectivity index (χ0) is 17.0. The van der Waals surface area contributed by atoms with Gasteiger partial charge in [0.1, 0.15) is 6.54 Å². The summed E-state index contributed by atoms with van der Waals surface area (Å²) in [5, 5.41) is 0.111. The van der Waals surface area contributed by atoms with Gasteiger partial charge in [-0.3, -0.25) is 19.3 Å². The predicted molar refractivity (Wildman–Crippen MR) is 89.9 cm³/mol. The molecule has 0 spiro atoms. The smallest absolute Gasteiger partial charge is 0.326 e. The predicted octanol–water partition coefficient (Wildman–Crippen LogP) is 3.58. The van der Waals surface area contributed by atoms with Gasteiger partial charge in [-0.05, 0) is 41.5 Å². The van der Waals surface area contributed by atoms with Gasteiger partial charge in [0.05, 0.1) is 11.5 Å². The monoisotopic (exact) mass is 353 g/mol. The molecule has 0 atom stereocenters. The van der Waals surface area contributed by atoms with Gasteiger partial charge in [0.15, 0.2) is 0 Å². The number of hydrogen-bond acceptors (Lipinski definition) is 5. The summed E-state index contributed by atoms with van der Waals surface area (Å²) in [6.45, 7) is 3.70. The molecular formula is C16H16ClNO4S. The van der Waals surface area contributed by atoms with E-state index in [1.165, 1.54) is 0 Å². The van der Waals surface area contributed by atoms with E-state index in [0.717, 1.165) is 22.2 Å². The van der Waals surface area contributed by atoms with Gasteiger partial charge in [-0.15, -0.1) is 0 Å². The third kappa shape index (κ3) is 4.84. The highest BCUT2D eigenvalue weighted by Gasteiger charge is 2.36. The van der Waals surface area contributed by atoms with E-state index in [9.17, 15) is 14.4 Å². The van der Waals surface area contributed by atoms with Gasteiger partial charge >= 0.3 is 5.97 Å². The Morgan fingerprint density at radius 2 is 1.96 bits per heavy atom. The van der Waals surface area contributed by atoms with Gasteiger partial charge < -0.3 is 4.74 Å². The van der Waals surface area contributed by atoms with Crippen molar-refractivity contribution in [3.63, 3.8) is 0 Å². The Morgan fingerprint density at radius 3 is 2.57 bits per heavy atom. The number of imide groups is 1. The number of thioether (sulfide) groups is 1. The standard InChI is InChI=1S/C16H16ClNO4S/c1-10(2)9-22-14(19)8-18-15(20)13(23-16(18)21)7-11-3-5-12(17)6-4-11/h3-7,10H,8-9H2,1-2H3/b13-7+. The molecule has 1 fully saturated rings. The molecule has 0 bridgehead atoms. The summed E-state index contributed by atoms with van der Waals surface area (Å²) < 4.78 is 5.00. The van der Waals surface area contributed by atoms with Crippen molar-refractivity contribution in [2.45, 2.75) is 13.8 Å². The summed E-state index contributed by atoms with van der Waals surface area (Å²) in [6, 6.07) is 6.88. The number of nitrogens with zero attached hydrogens (tertiary/aromatic N) is 1. The average molecular weight is 354 g/mol. The van der Waals surface area contributed by atoms with Crippen LogP contribution >= 0.6 is 23.4 Å². The highest BCUT2D eigenvalue weighted by molar-refractivity contribution is 8.18. The van der Waals surface area contributed by atoms with Crippen LogP contribution < -0.4 is 0 Å². The first kappa shape index (κ1) is 17.6. The Hall–Kier alpha value is -1.79. The van der Waals surface area contributed by atoms with E-state index in [4.69, 9.17) is 16.3 Å². The highest BCUT2D eigenvalue weighted by Crippen LogP contribution is 2.32. The van der Waals surface area contributed by atoms with Crippen LogP contribution in [-0.2, 0) is 14.3 Å². The minimum Gasteiger partial charge on any atom is -0.464 e. The molecular weight excluding hydrogens is 338 g/mol. The van der Waals surface area contributed by atoms with Crippen molar-refractivity contribution < 1.29 is 19.1 Å². The lowest BCUT2D eigenvalue weighted by Crippen LogP contribution is -2.34. The molecule has 122 valence electrons. The quantitative estimate of drug-likeness (QED) is 0.598. The summed E-state index contributed by atoms with van der Waals surface area (Å²) in [4.78, 5) is 37.0. The van der Waals surface area contributed by atoms with Gasteiger partial charge in [0.2, 0.25) is 0 Å². The number of esters is 1. The Labute approximate surface area is 143 Å². The molecule has 1 aliphatic heterocycles. The van der Waals surface area contributed by atoms with E-state index in [1.807, 2.05) is 13.8 Å². The first-order valence-corrected chi connectivity index (χ1v) is 8.23. The van der Waals surface area contributed by atoms with E-state index in [1.54, 1.807) is 30.3 Å². The molecule has 1 saturated heterocycles. The molecule has 7 heteroatoms. The van der Waals surface area contributed by atoms with Gasteiger partial charge in [-0.1, -0.05) is 37.6 Å². The largest absolute Gasteiger partial charge is 0.464 e. The van der Waals surface area contributed by atoms with E-state index < -0.39 is 17.1 Å². The minimum atomic E-state index is -0.589. The molecule has 1 aliphatic rings. The molecule has 0 saturated carbocycles. The molecule has 0 aliphatic carbocycles. The second-order valence-electron chi connectivity index (χ2n) is 5.40. The third-order valence-electron chi connectivity index (χ3n) is 2.91. The van der Waals surface area contributed by atoms with Crippen molar-refractivity contribution in [1.29, 1.82) is 0 Å². The molecule has 1 aromatic rings. The maximum atomic E-state index is 12.2. The van der Waals surface area contributed by atoms with Crippen LogP contribution in [0, 0.1) is 5.92 Å². The summed E-state index contributed by atoms with van der Waals surface area (Å²) in [5.41, 5.74) is 0.752. The fourth-order valence-electron chi connectivity index (χ4n) is 1.78. The van der Waals surface area contributed by atoms with E-state index in [2.05, 4.69) is 0 Å². The molecule has 0 radical (unpaired) electrons. The molecule has 2 amide bonds. The maximum absolute atomic E-state index is 12.2. The van der Waals surface area contributed by atoms with Crippen LogP contribution in [0.15, 0.2) is 29.2 Å². The van der Waals surface area contributed by atoms with Crippen molar-refractivity contribution in [1.82, 2.24) is 4.90 Å². The van der Waals surface area contributed by atoms with Gasteiger partial charge in [-0.25, -0.2) is 0 Å². The maximum Gasteiger partial charge on any atom is 0.326 e. The average Bonchev–Trinajstić information content (AvgIpc) is 2.75. The number of amides is 2. The second-order valence-corrected chi connectivity index (χ2v) is 6.83. The third-order valence-corrected chi connectivity index (χ3v) is 4.07.